The molecule has 0 fully saturated rings. The Labute approximate surface area is 153 Å². The monoisotopic (exact) mass is 364 g/mol. The largest absolute Gasteiger partial charge is 0.369 e. The zero-order valence-corrected chi connectivity index (χ0v) is 14.9. The number of nitrogens with one attached hydrogen (secondary N) is 1. The third-order valence-corrected chi connectivity index (χ3v) is 4.66. The van der Waals surface area contributed by atoms with Gasteiger partial charge in [0.2, 0.25) is 0 Å². The number of rotatable bonds is 5. The van der Waals surface area contributed by atoms with Gasteiger partial charge in [0.05, 0.1) is 17.0 Å². The highest BCUT2D eigenvalue weighted by molar-refractivity contribution is 7.09. The van der Waals surface area contributed by atoms with Crippen LogP contribution >= 0.6 is 11.3 Å². The second-order valence-electron chi connectivity index (χ2n) is 5.80. The summed E-state index contributed by atoms with van der Waals surface area (Å²) in [6.45, 7) is 2.60. The Morgan fingerprint density at radius 3 is 2.73 bits per heavy atom. The summed E-state index contributed by atoms with van der Waals surface area (Å²) in [6, 6.07) is 11.5. The molecule has 0 saturated heterocycles. The average molecular weight is 364 g/mol. The van der Waals surface area contributed by atoms with Crippen molar-refractivity contribution in [3.05, 3.63) is 74.7 Å². The number of aromatic nitrogens is 4. The number of nitrogens with zero attached hydrogens (tertiary/aromatic N) is 3. The molecule has 1 aromatic carbocycles. The van der Waals surface area contributed by atoms with Crippen LogP contribution in [0.5, 0.6) is 0 Å². The number of fused-ring (bicyclic) bond motifs is 1. The number of hydrogen-bond donors (Lipinski definition) is 1. The Bertz CT molecular complexity index is 1110. The number of pyridine rings is 1. The predicted octanol–water partition coefficient (Wildman–Crippen LogP) is 3.47. The van der Waals surface area contributed by atoms with E-state index in [0.29, 0.717) is 29.0 Å². The van der Waals surface area contributed by atoms with Crippen LogP contribution in [-0.2, 0) is 18.0 Å². The first-order valence-electron chi connectivity index (χ1n) is 8.13. The van der Waals surface area contributed by atoms with E-state index in [2.05, 4.69) is 19.9 Å². The topological polar surface area (TPSA) is 80.8 Å². The SMILES string of the molecule is Cc1nc(-c2nccc3c(=O)[nH]c(COCc4ccccc4)nc23)cs1. The van der Waals surface area contributed by atoms with Gasteiger partial charge >= 0.3 is 0 Å². The lowest BCUT2D eigenvalue weighted by Crippen LogP contribution is -2.13. The number of benzene rings is 1. The molecule has 1 N–H and O–H groups in total. The van der Waals surface area contributed by atoms with Gasteiger partial charge in [-0.1, -0.05) is 30.3 Å². The van der Waals surface area contributed by atoms with E-state index in [0.717, 1.165) is 16.3 Å². The molecule has 0 radical (unpaired) electrons. The first-order valence-corrected chi connectivity index (χ1v) is 9.01. The molecule has 0 aliphatic carbocycles. The van der Waals surface area contributed by atoms with Crippen molar-refractivity contribution in [2.24, 2.45) is 0 Å². The van der Waals surface area contributed by atoms with E-state index in [1.807, 2.05) is 42.6 Å². The summed E-state index contributed by atoms with van der Waals surface area (Å²) in [5.74, 6) is 0.472. The number of aromatic amines is 1. The molecule has 0 atom stereocenters. The van der Waals surface area contributed by atoms with Crippen LogP contribution in [0.15, 0.2) is 52.8 Å². The van der Waals surface area contributed by atoms with Crippen molar-refractivity contribution in [3.8, 4) is 11.4 Å². The minimum atomic E-state index is -0.205. The minimum Gasteiger partial charge on any atom is -0.369 e. The van der Waals surface area contributed by atoms with E-state index in [1.165, 1.54) is 11.3 Å². The van der Waals surface area contributed by atoms with Gasteiger partial charge in [-0.2, -0.15) is 0 Å². The van der Waals surface area contributed by atoms with Crippen molar-refractivity contribution >= 4 is 22.2 Å². The number of thiazole rings is 1. The Morgan fingerprint density at radius 1 is 1.12 bits per heavy atom. The van der Waals surface area contributed by atoms with E-state index in [1.54, 1.807) is 12.3 Å². The van der Waals surface area contributed by atoms with E-state index in [-0.39, 0.29) is 12.2 Å². The van der Waals surface area contributed by atoms with Gasteiger partial charge in [0.1, 0.15) is 29.3 Å². The molecule has 4 rings (SSSR count). The van der Waals surface area contributed by atoms with Crippen LogP contribution < -0.4 is 5.56 Å². The highest BCUT2D eigenvalue weighted by Gasteiger charge is 2.13. The number of ether oxygens (including phenoxy) is 1. The van der Waals surface area contributed by atoms with Crippen LogP contribution in [0.3, 0.4) is 0 Å². The number of H-pyrrole nitrogens is 1. The molecular formula is C19H16N4O2S. The van der Waals surface area contributed by atoms with Crippen LogP contribution in [-0.4, -0.2) is 19.9 Å². The maximum Gasteiger partial charge on any atom is 0.258 e. The Morgan fingerprint density at radius 2 is 1.96 bits per heavy atom. The van der Waals surface area contributed by atoms with Crippen molar-refractivity contribution in [3.63, 3.8) is 0 Å². The quantitative estimate of drug-likeness (QED) is 0.586. The van der Waals surface area contributed by atoms with Gasteiger partial charge < -0.3 is 9.72 Å². The van der Waals surface area contributed by atoms with Gasteiger partial charge in [0, 0.05) is 11.6 Å². The average Bonchev–Trinajstić information content (AvgIpc) is 3.08. The molecule has 3 heterocycles. The molecule has 0 bridgehead atoms. The van der Waals surface area contributed by atoms with Crippen molar-refractivity contribution in [2.75, 3.05) is 0 Å². The molecule has 0 aliphatic rings. The van der Waals surface area contributed by atoms with E-state index in [4.69, 9.17) is 4.74 Å². The normalized spacial score (nSPS) is 11.1. The second kappa shape index (κ2) is 7.15. The van der Waals surface area contributed by atoms with Crippen LogP contribution in [0.1, 0.15) is 16.4 Å². The molecule has 0 spiro atoms. The number of hydrogen-bond acceptors (Lipinski definition) is 6. The fourth-order valence-electron chi connectivity index (χ4n) is 2.68. The summed E-state index contributed by atoms with van der Waals surface area (Å²) < 4.78 is 5.69. The molecule has 0 aliphatic heterocycles. The summed E-state index contributed by atoms with van der Waals surface area (Å²) >= 11 is 1.54. The predicted molar refractivity (Wildman–Crippen MR) is 101 cm³/mol. The fourth-order valence-corrected chi connectivity index (χ4v) is 3.28. The van der Waals surface area contributed by atoms with Crippen molar-refractivity contribution in [1.29, 1.82) is 0 Å². The van der Waals surface area contributed by atoms with Crippen LogP contribution in [0.25, 0.3) is 22.3 Å². The Hall–Kier alpha value is -2.90. The molecule has 0 saturated carbocycles. The molecule has 7 heteroatoms. The maximum absolute atomic E-state index is 12.4. The fraction of sp³-hybridized carbons (Fsp3) is 0.158. The van der Waals surface area contributed by atoms with Gasteiger partial charge in [-0.15, -0.1) is 11.3 Å². The summed E-state index contributed by atoms with van der Waals surface area (Å²) in [5.41, 5.74) is 2.74. The highest BCUT2D eigenvalue weighted by Crippen LogP contribution is 2.24. The smallest absolute Gasteiger partial charge is 0.258 e. The molecule has 4 aromatic rings. The standard InChI is InChI=1S/C19H16N4O2S/c1-12-21-15(11-26-12)18-17-14(7-8-20-18)19(24)23-16(22-17)10-25-9-13-5-3-2-4-6-13/h2-8,11H,9-10H2,1H3,(H,22,23,24). The van der Waals surface area contributed by atoms with Crippen molar-refractivity contribution in [1.82, 2.24) is 19.9 Å². The van der Waals surface area contributed by atoms with Crippen LogP contribution in [0.4, 0.5) is 0 Å². The maximum atomic E-state index is 12.4. The van der Waals surface area contributed by atoms with Gasteiger partial charge in [-0.3, -0.25) is 9.78 Å². The molecule has 6 nitrogen and oxygen atoms in total. The lowest BCUT2D eigenvalue weighted by Gasteiger charge is -2.07. The van der Waals surface area contributed by atoms with Crippen LogP contribution in [0.2, 0.25) is 0 Å². The second-order valence-corrected chi connectivity index (χ2v) is 6.86. The third kappa shape index (κ3) is 3.40. The lowest BCUT2D eigenvalue weighted by atomic mass is 10.2. The first-order chi connectivity index (χ1) is 12.7. The van der Waals surface area contributed by atoms with Gasteiger partial charge in [0.15, 0.2) is 0 Å². The summed E-state index contributed by atoms with van der Waals surface area (Å²) in [4.78, 5) is 28.6. The lowest BCUT2D eigenvalue weighted by molar-refractivity contribution is 0.102. The molecule has 3 aromatic heterocycles. The van der Waals surface area contributed by atoms with Gasteiger partial charge in [-0.05, 0) is 18.6 Å². The summed E-state index contributed by atoms with van der Waals surface area (Å²) in [5, 5.41) is 3.36. The molecule has 0 unspecified atom stereocenters. The highest BCUT2D eigenvalue weighted by atomic mass is 32.1. The zero-order chi connectivity index (χ0) is 17.9. The van der Waals surface area contributed by atoms with Crippen molar-refractivity contribution in [2.45, 2.75) is 20.1 Å². The molecular weight excluding hydrogens is 348 g/mol. The first kappa shape index (κ1) is 16.6. The van der Waals surface area contributed by atoms with E-state index in [9.17, 15) is 4.79 Å². The minimum absolute atomic E-state index is 0.205. The van der Waals surface area contributed by atoms with Gasteiger partial charge in [-0.25, -0.2) is 9.97 Å². The summed E-state index contributed by atoms with van der Waals surface area (Å²) in [7, 11) is 0. The molecule has 0 amide bonds. The van der Waals surface area contributed by atoms with E-state index >= 15 is 0 Å². The van der Waals surface area contributed by atoms with E-state index < -0.39 is 0 Å². The molecule has 130 valence electrons. The summed E-state index contributed by atoms with van der Waals surface area (Å²) in [6.07, 6.45) is 1.61. The van der Waals surface area contributed by atoms with Crippen LogP contribution in [0, 0.1) is 6.92 Å². The van der Waals surface area contributed by atoms with Gasteiger partial charge in [0.25, 0.3) is 5.56 Å². The molecule has 26 heavy (non-hydrogen) atoms. The van der Waals surface area contributed by atoms with Crippen molar-refractivity contribution < 1.29 is 4.74 Å². The zero-order valence-electron chi connectivity index (χ0n) is 14.1. The Balaban J connectivity index is 1.65. The Kier molecular flexibility index (Phi) is 4.55. The number of aryl methyl sites for hydroxylation is 1. The third-order valence-electron chi connectivity index (χ3n) is 3.89.